The smallest absolute Gasteiger partial charge is 0.243 e. The molecule has 170 valence electrons. The van der Waals surface area contributed by atoms with E-state index < -0.39 is 10.0 Å². The number of ketones is 1. The predicted octanol–water partition coefficient (Wildman–Crippen LogP) is 2.64. The van der Waals surface area contributed by atoms with Crippen molar-refractivity contribution in [3.63, 3.8) is 0 Å². The Morgan fingerprint density at radius 1 is 0.844 bits per heavy atom. The van der Waals surface area contributed by atoms with Crippen LogP contribution in [-0.4, -0.2) is 68.6 Å². The molecule has 4 rings (SSSR count). The fraction of sp³-hybridized carbons (Fsp3) is 0.417. The van der Waals surface area contributed by atoms with Crippen LogP contribution in [0.5, 0.6) is 0 Å². The number of anilines is 1. The highest BCUT2D eigenvalue weighted by molar-refractivity contribution is 7.89. The first-order chi connectivity index (χ1) is 15.4. The molecule has 0 atom stereocenters. The third-order valence-electron chi connectivity index (χ3n) is 6.39. The van der Waals surface area contributed by atoms with Gasteiger partial charge in [-0.3, -0.25) is 9.59 Å². The van der Waals surface area contributed by atoms with Crippen molar-refractivity contribution in [2.75, 3.05) is 44.2 Å². The predicted molar refractivity (Wildman–Crippen MR) is 123 cm³/mol. The second kappa shape index (κ2) is 9.42. The monoisotopic (exact) mass is 455 g/mol. The molecule has 2 aliphatic rings. The molecule has 0 spiro atoms. The molecule has 0 bridgehead atoms. The van der Waals surface area contributed by atoms with Crippen LogP contribution in [-0.2, 0) is 14.8 Å². The number of nitrogens with zero attached hydrogens (tertiary/aromatic N) is 3. The van der Waals surface area contributed by atoms with Gasteiger partial charge in [0, 0.05) is 56.4 Å². The first kappa shape index (κ1) is 22.5. The van der Waals surface area contributed by atoms with E-state index in [4.69, 9.17) is 0 Å². The Morgan fingerprint density at radius 3 is 2.12 bits per heavy atom. The van der Waals surface area contributed by atoms with Crippen molar-refractivity contribution < 1.29 is 18.0 Å². The fourth-order valence-corrected chi connectivity index (χ4v) is 5.97. The van der Waals surface area contributed by atoms with Crippen LogP contribution in [0, 0.1) is 5.92 Å². The zero-order chi connectivity index (χ0) is 22.7. The number of benzene rings is 2. The Morgan fingerprint density at radius 2 is 1.50 bits per heavy atom. The zero-order valence-corrected chi connectivity index (χ0v) is 19.1. The number of Topliss-reactive ketones (excluding diaryl/α,β-unsaturated/α-hetero) is 1. The van der Waals surface area contributed by atoms with Crippen LogP contribution in [0.15, 0.2) is 59.5 Å². The summed E-state index contributed by atoms with van der Waals surface area (Å²) >= 11 is 0. The highest BCUT2D eigenvalue weighted by atomic mass is 32.2. The van der Waals surface area contributed by atoms with Crippen LogP contribution in [0.25, 0.3) is 0 Å². The van der Waals surface area contributed by atoms with Crippen molar-refractivity contribution in [3.05, 3.63) is 60.2 Å². The Labute approximate surface area is 189 Å². The second-order valence-corrected chi connectivity index (χ2v) is 10.3. The van der Waals surface area contributed by atoms with E-state index in [2.05, 4.69) is 17.0 Å². The lowest BCUT2D eigenvalue weighted by atomic mass is 9.96. The molecule has 0 N–H and O–H groups in total. The lowest BCUT2D eigenvalue weighted by molar-refractivity contribution is -0.137. The van der Waals surface area contributed by atoms with Crippen LogP contribution in [0.3, 0.4) is 0 Å². The van der Waals surface area contributed by atoms with E-state index >= 15 is 0 Å². The Bertz CT molecular complexity index is 1070. The highest BCUT2D eigenvalue weighted by Crippen LogP contribution is 2.26. The van der Waals surface area contributed by atoms with Gasteiger partial charge in [0.15, 0.2) is 5.78 Å². The number of sulfonamides is 1. The van der Waals surface area contributed by atoms with Crippen molar-refractivity contribution >= 4 is 27.4 Å². The number of amides is 1. The van der Waals surface area contributed by atoms with E-state index in [1.807, 2.05) is 23.1 Å². The summed E-state index contributed by atoms with van der Waals surface area (Å²) in [4.78, 5) is 29.0. The molecule has 2 aliphatic heterocycles. The van der Waals surface area contributed by atoms with Gasteiger partial charge in [0.2, 0.25) is 15.9 Å². The number of carbonyl (C=O) groups is 2. The van der Waals surface area contributed by atoms with E-state index in [1.54, 1.807) is 12.1 Å². The summed E-state index contributed by atoms with van der Waals surface area (Å²) in [5.41, 5.74) is 1.55. The minimum atomic E-state index is -3.68. The Kier molecular flexibility index (Phi) is 6.62. The average molecular weight is 456 g/mol. The average Bonchev–Trinajstić information content (AvgIpc) is 2.84. The summed E-state index contributed by atoms with van der Waals surface area (Å²) in [7, 11) is -3.68. The quantitative estimate of drug-likeness (QED) is 0.648. The topological polar surface area (TPSA) is 78.0 Å². The molecule has 2 heterocycles. The molecule has 8 heteroatoms. The molecular formula is C24H29N3O4S. The summed E-state index contributed by atoms with van der Waals surface area (Å²) in [6.07, 6.45) is 1.03. The van der Waals surface area contributed by atoms with Gasteiger partial charge >= 0.3 is 0 Å². The summed E-state index contributed by atoms with van der Waals surface area (Å²) in [5.74, 6) is -0.180. The van der Waals surface area contributed by atoms with E-state index in [1.165, 1.54) is 29.0 Å². The molecule has 0 aromatic heterocycles. The van der Waals surface area contributed by atoms with Crippen LogP contribution in [0.1, 0.15) is 30.1 Å². The minimum Gasteiger partial charge on any atom is -0.368 e. The van der Waals surface area contributed by atoms with Crippen molar-refractivity contribution in [3.8, 4) is 0 Å². The number of piperidine rings is 1. The van der Waals surface area contributed by atoms with E-state index in [0.29, 0.717) is 44.6 Å². The summed E-state index contributed by atoms with van der Waals surface area (Å²) < 4.78 is 27.5. The molecular weight excluding hydrogens is 426 g/mol. The van der Waals surface area contributed by atoms with Crippen molar-refractivity contribution in [1.29, 1.82) is 0 Å². The lowest BCUT2D eigenvalue weighted by Gasteiger charge is -2.39. The van der Waals surface area contributed by atoms with Gasteiger partial charge in [-0.1, -0.05) is 30.3 Å². The first-order valence-electron chi connectivity index (χ1n) is 11.1. The molecule has 7 nitrogen and oxygen atoms in total. The van der Waals surface area contributed by atoms with Crippen molar-refractivity contribution in [1.82, 2.24) is 9.21 Å². The van der Waals surface area contributed by atoms with Crippen LogP contribution < -0.4 is 4.90 Å². The van der Waals surface area contributed by atoms with Gasteiger partial charge < -0.3 is 9.80 Å². The number of carbonyl (C=O) groups excluding carboxylic acids is 2. The number of rotatable bonds is 5. The third kappa shape index (κ3) is 4.71. The SMILES string of the molecule is CC(=O)c1cccc(S(=O)(=O)N2CCC(C(=O)N3CCN(c4ccccc4)CC3)CC2)c1. The maximum Gasteiger partial charge on any atom is 0.243 e. The minimum absolute atomic E-state index is 0.131. The van der Waals surface area contributed by atoms with Gasteiger partial charge in [-0.25, -0.2) is 8.42 Å². The maximum atomic E-state index is 13.0. The van der Waals surface area contributed by atoms with E-state index in [0.717, 1.165) is 13.1 Å². The van der Waals surface area contributed by atoms with Gasteiger partial charge in [-0.2, -0.15) is 4.31 Å². The number of hydrogen-bond acceptors (Lipinski definition) is 5. The normalized spacial score (nSPS) is 18.5. The third-order valence-corrected chi connectivity index (χ3v) is 8.29. The van der Waals surface area contributed by atoms with Crippen molar-refractivity contribution in [2.45, 2.75) is 24.7 Å². The van der Waals surface area contributed by atoms with Gasteiger partial charge in [0.1, 0.15) is 0 Å². The maximum absolute atomic E-state index is 13.0. The molecule has 32 heavy (non-hydrogen) atoms. The second-order valence-electron chi connectivity index (χ2n) is 8.41. The molecule has 0 unspecified atom stereocenters. The van der Waals surface area contributed by atoms with E-state index in [9.17, 15) is 18.0 Å². The summed E-state index contributed by atoms with van der Waals surface area (Å²) in [6.45, 7) is 5.02. The van der Waals surface area contributed by atoms with Crippen LogP contribution >= 0.6 is 0 Å². The fourth-order valence-electron chi connectivity index (χ4n) is 4.45. The number of hydrogen-bond donors (Lipinski definition) is 0. The highest BCUT2D eigenvalue weighted by Gasteiger charge is 2.34. The van der Waals surface area contributed by atoms with Gasteiger partial charge in [0.25, 0.3) is 0 Å². The Hall–Kier alpha value is -2.71. The van der Waals surface area contributed by atoms with Crippen molar-refractivity contribution in [2.24, 2.45) is 5.92 Å². The molecule has 2 aromatic carbocycles. The van der Waals surface area contributed by atoms with Crippen LogP contribution in [0.2, 0.25) is 0 Å². The largest absolute Gasteiger partial charge is 0.368 e. The molecule has 1 amide bonds. The van der Waals surface area contributed by atoms with Gasteiger partial charge in [-0.05, 0) is 44.0 Å². The molecule has 0 aliphatic carbocycles. The molecule has 2 aromatic rings. The number of piperazine rings is 1. The van der Waals surface area contributed by atoms with Gasteiger partial charge in [0.05, 0.1) is 4.90 Å². The summed E-state index contributed by atoms with van der Waals surface area (Å²) in [5, 5.41) is 0. The summed E-state index contributed by atoms with van der Waals surface area (Å²) in [6, 6.07) is 16.4. The first-order valence-corrected chi connectivity index (χ1v) is 12.5. The number of para-hydroxylation sites is 1. The molecule has 0 saturated carbocycles. The molecule has 2 fully saturated rings. The zero-order valence-electron chi connectivity index (χ0n) is 18.3. The Balaban J connectivity index is 1.33. The molecule has 0 radical (unpaired) electrons. The standard InChI is InChI=1S/C24H29N3O4S/c1-19(28)21-6-5-9-23(18-21)32(30,31)27-12-10-20(11-13-27)24(29)26-16-14-25(15-17-26)22-7-3-2-4-8-22/h2-9,18,20H,10-17H2,1H3. The van der Waals surface area contributed by atoms with Gasteiger partial charge in [-0.15, -0.1) is 0 Å². The molecule has 2 saturated heterocycles. The van der Waals surface area contributed by atoms with E-state index in [-0.39, 0.29) is 22.5 Å². The lowest BCUT2D eigenvalue weighted by Crippen LogP contribution is -2.52. The van der Waals surface area contributed by atoms with Crippen LogP contribution in [0.4, 0.5) is 5.69 Å².